The average molecular weight is 551 g/mol. The van der Waals surface area contributed by atoms with Gasteiger partial charge in [0.2, 0.25) is 5.79 Å². The van der Waals surface area contributed by atoms with Crippen molar-refractivity contribution in [2.75, 3.05) is 24.3 Å². The molecular weight excluding hydrogens is 520 g/mol. The summed E-state index contributed by atoms with van der Waals surface area (Å²) in [6.45, 7) is 0. The number of nitrogens with one attached hydrogen (secondary N) is 2. The van der Waals surface area contributed by atoms with Gasteiger partial charge in [-0.3, -0.25) is 9.59 Å². The molecular formula is C28H30N4O8. The Kier molecular flexibility index (Phi) is 6.47. The Morgan fingerprint density at radius 3 is 2.35 bits per heavy atom. The summed E-state index contributed by atoms with van der Waals surface area (Å²) in [4.78, 5) is 40.9. The molecule has 4 atom stereocenters. The van der Waals surface area contributed by atoms with Gasteiger partial charge in [0.05, 0.1) is 17.5 Å². The second-order valence-corrected chi connectivity index (χ2v) is 10.5. The molecule has 0 bridgehead atoms. The van der Waals surface area contributed by atoms with Gasteiger partial charge in [0.25, 0.3) is 5.91 Å². The van der Waals surface area contributed by atoms with E-state index in [4.69, 9.17) is 5.73 Å². The molecule has 3 aliphatic rings. The number of ketones is 1. The van der Waals surface area contributed by atoms with Crippen LogP contribution in [0, 0.1) is 17.8 Å². The Morgan fingerprint density at radius 2 is 1.73 bits per heavy atom. The number of para-hydroxylation sites is 1. The number of anilines is 2. The first-order valence-corrected chi connectivity index (χ1v) is 12.6. The molecule has 0 aromatic heterocycles. The number of rotatable bonds is 4. The van der Waals surface area contributed by atoms with Crippen LogP contribution in [0.5, 0.6) is 5.75 Å². The van der Waals surface area contributed by atoms with Gasteiger partial charge in [0.15, 0.2) is 5.78 Å². The number of urea groups is 1. The van der Waals surface area contributed by atoms with Crippen LogP contribution in [-0.2, 0) is 16.0 Å². The van der Waals surface area contributed by atoms with Crippen molar-refractivity contribution in [1.29, 1.82) is 0 Å². The predicted octanol–water partition coefficient (Wildman–Crippen LogP) is 1.29. The minimum atomic E-state index is -3.20. The predicted molar refractivity (Wildman–Crippen MR) is 144 cm³/mol. The number of benzene rings is 2. The summed E-state index contributed by atoms with van der Waals surface area (Å²) >= 11 is 0. The van der Waals surface area contributed by atoms with Crippen molar-refractivity contribution >= 4 is 34.9 Å². The van der Waals surface area contributed by atoms with Crippen LogP contribution in [0.4, 0.5) is 16.2 Å². The molecule has 1 fully saturated rings. The lowest BCUT2D eigenvalue weighted by molar-refractivity contribution is -0.200. The Balaban J connectivity index is 1.61. The minimum absolute atomic E-state index is 0.00696. The number of carbonyl (C=O) groups excluding carboxylic acids is 3. The molecule has 210 valence electrons. The third kappa shape index (κ3) is 4.12. The maximum Gasteiger partial charge on any atom is 0.319 e. The number of allylic oxidation sites excluding steroid dienone is 1. The first kappa shape index (κ1) is 27.0. The van der Waals surface area contributed by atoms with Crippen molar-refractivity contribution in [3.8, 4) is 5.75 Å². The molecule has 0 saturated heterocycles. The van der Waals surface area contributed by atoms with Crippen molar-refractivity contribution in [3.05, 3.63) is 70.5 Å². The number of fused-ring (bicyclic) bond motifs is 3. The molecule has 1 saturated carbocycles. The quantitative estimate of drug-likeness (QED) is 0.258. The fourth-order valence-electron chi connectivity index (χ4n) is 6.36. The van der Waals surface area contributed by atoms with Gasteiger partial charge in [-0.15, -0.1) is 0 Å². The number of nitrogens with zero attached hydrogens (tertiary/aromatic N) is 1. The zero-order chi connectivity index (χ0) is 29.1. The van der Waals surface area contributed by atoms with E-state index in [0.717, 1.165) is 0 Å². The summed E-state index contributed by atoms with van der Waals surface area (Å²) in [6, 6.07) is 9.30. The van der Waals surface area contributed by atoms with Gasteiger partial charge in [0.1, 0.15) is 22.8 Å². The lowest BCUT2D eigenvalue weighted by Crippen LogP contribution is -2.63. The summed E-state index contributed by atoms with van der Waals surface area (Å²) in [5.74, 6) is -10.7. The van der Waals surface area contributed by atoms with Gasteiger partial charge in [-0.2, -0.15) is 0 Å². The fourth-order valence-corrected chi connectivity index (χ4v) is 6.36. The first-order chi connectivity index (χ1) is 18.8. The number of aliphatic hydroxyl groups is 4. The Hall–Kier alpha value is -4.55. The van der Waals surface area contributed by atoms with Crippen molar-refractivity contribution in [1.82, 2.24) is 5.32 Å². The van der Waals surface area contributed by atoms with Crippen molar-refractivity contribution < 1.29 is 39.9 Å². The number of phenolic OH excluding ortho intramolecular Hbond substituents is 1. The zero-order valence-corrected chi connectivity index (χ0v) is 21.8. The molecule has 12 nitrogen and oxygen atoms in total. The molecule has 3 amide bonds. The Labute approximate surface area is 229 Å². The van der Waals surface area contributed by atoms with Gasteiger partial charge in [-0.05, 0) is 48.6 Å². The summed E-state index contributed by atoms with van der Waals surface area (Å²) in [7, 11) is 3.58. The number of amides is 3. The van der Waals surface area contributed by atoms with E-state index in [9.17, 15) is 39.9 Å². The van der Waals surface area contributed by atoms with Crippen LogP contribution in [0.2, 0.25) is 0 Å². The molecule has 0 aliphatic heterocycles. The molecule has 12 heteroatoms. The average Bonchev–Trinajstić information content (AvgIpc) is 2.86. The molecule has 3 aliphatic carbocycles. The minimum Gasteiger partial charge on any atom is -0.509 e. The van der Waals surface area contributed by atoms with Crippen molar-refractivity contribution in [3.63, 3.8) is 0 Å². The van der Waals surface area contributed by atoms with E-state index in [0.29, 0.717) is 16.9 Å². The van der Waals surface area contributed by atoms with Crippen molar-refractivity contribution in [2.24, 2.45) is 23.5 Å². The number of Topliss-reactive ketones (excluding diaryl/α,β-unsaturated/α-hetero) is 1. The number of aliphatic hydroxyl groups excluding tert-OH is 2. The van der Waals surface area contributed by atoms with Crippen LogP contribution in [0.3, 0.4) is 0 Å². The van der Waals surface area contributed by atoms with Gasteiger partial charge >= 0.3 is 6.03 Å². The molecule has 4 unspecified atom stereocenters. The number of carbonyl (C=O) groups is 3. The monoisotopic (exact) mass is 550 g/mol. The van der Waals surface area contributed by atoms with Gasteiger partial charge in [-0.1, -0.05) is 18.2 Å². The molecule has 40 heavy (non-hydrogen) atoms. The second-order valence-electron chi connectivity index (χ2n) is 10.5. The third-order valence-electron chi connectivity index (χ3n) is 7.98. The van der Waals surface area contributed by atoms with E-state index in [1.165, 1.54) is 6.07 Å². The Bertz CT molecular complexity index is 1480. The third-order valence-corrected chi connectivity index (χ3v) is 7.98. The molecule has 2 aromatic rings. The topological polar surface area (TPSA) is 206 Å². The maximum atomic E-state index is 13.9. The summed E-state index contributed by atoms with van der Waals surface area (Å²) < 4.78 is 0. The standard InChI is InChI=1S/C28H30N4O8/c1-32(2)16-8-9-17(33)19-14(16)10-12-11-15-20(24(35)18(12)23(19)34)28(39,40)21(26(29)37)25(36)22(15)31-27(38)30-13-6-4-3-5-7-13/h3-9,12,15,20,22,33-34,36,39-40H,10-11H2,1-2H3,(H2,29,37)(H2,30,31,38). The molecule has 9 N–H and O–H groups in total. The van der Waals surface area contributed by atoms with Gasteiger partial charge < -0.3 is 46.8 Å². The second kappa shape index (κ2) is 9.57. The van der Waals surface area contributed by atoms with Gasteiger partial charge in [0, 0.05) is 37.0 Å². The Morgan fingerprint density at radius 1 is 1.05 bits per heavy atom. The summed E-state index contributed by atoms with van der Waals surface area (Å²) in [6.07, 6.45) is 0.207. The number of primary amides is 1. The highest BCUT2D eigenvalue weighted by Gasteiger charge is 2.62. The first-order valence-electron chi connectivity index (χ1n) is 12.6. The molecule has 2 aromatic carbocycles. The van der Waals surface area contributed by atoms with Crippen LogP contribution >= 0.6 is 0 Å². The number of phenols is 1. The summed E-state index contributed by atoms with van der Waals surface area (Å²) in [5.41, 5.74) is 6.00. The highest BCUT2D eigenvalue weighted by atomic mass is 16.5. The fraction of sp³-hybridized carbons (Fsp3) is 0.321. The highest BCUT2D eigenvalue weighted by Crippen LogP contribution is 2.53. The number of nitrogens with two attached hydrogens (primary N) is 1. The van der Waals surface area contributed by atoms with E-state index in [1.807, 2.05) is 0 Å². The van der Waals surface area contributed by atoms with Crippen LogP contribution in [-0.4, -0.2) is 69.2 Å². The largest absolute Gasteiger partial charge is 0.509 e. The van der Waals surface area contributed by atoms with Crippen LogP contribution in [0.1, 0.15) is 17.5 Å². The maximum absolute atomic E-state index is 13.9. The SMILES string of the molecule is CN(C)c1ccc(O)c2c1CC1CC3C(NC(=O)Nc4ccccc4)C(O)=C(C(N)=O)C(O)(O)C3C(=O)C1=C2O. The molecule has 0 heterocycles. The lowest BCUT2D eigenvalue weighted by Gasteiger charge is -2.49. The molecule has 0 spiro atoms. The number of aromatic hydroxyl groups is 1. The highest BCUT2D eigenvalue weighted by molar-refractivity contribution is 6.08. The normalized spacial score (nSPS) is 24.9. The van der Waals surface area contributed by atoms with E-state index in [1.54, 1.807) is 55.4 Å². The van der Waals surface area contributed by atoms with Gasteiger partial charge in [-0.25, -0.2) is 4.79 Å². The van der Waals surface area contributed by atoms with Crippen LogP contribution < -0.4 is 21.3 Å². The van der Waals surface area contributed by atoms with Crippen molar-refractivity contribution in [2.45, 2.75) is 24.7 Å². The summed E-state index contributed by atoms with van der Waals surface area (Å²) in [5, 5.41) is 60.2. The van der Waals surface area contributed by atoms with E-state index < -0.39 is 64.4 Å². The van der Waals surface area contributed by atoms with E-state index >= 15 is 0 Å². The van der Waals surface area contributed by atoms with E-state index in [-0.39, 0.29) is 29.7 Å². The molecule has 0 radical (unpaired) electrons. The lowest BCUT2D eigenvalue weighted by atomic mass is 9.58. The zero-order valence-electron chi connectivity index (χ0n) is 21.8. The van der Waals surface area contributed by atoms with Crippen LogP contribution in [0.15, 0.2) is 59.4 Å². The van der Waals surface area contributed by atoms with E-state index in [2.05, 4.69) is 10.6 Å². The number of hydrogen-bond donors (Lipinski definition) is 8. The number of hydrogen-bond acceptors (Lipinski definition) is 9. The smallest absolute Gasteiger partial charge is 0.319 e. The molecule has 5 rings (SSSR count). The van der Waals surface area contributed by atoms with Crippen LogP contribution in [0.25, 0.3) is 5.76 Å².